The quantitative estimate of drug-likeness (QED) is 0.642. The maximum atomic E-state index is 12.6. The van der Waals surface area contributed by atoms with Gasteiger partial charge in [-0.1, -0.05) is 6.07 Å². The zero-order chi connectivity index (χ0) is 21.2. The van der Waals surface area contributed by atoms with Crippen LogP contribution in [0.15, 0.2) is 44.8 Å². The van der Waals surface area contributed by atoms with Gasteiger partial charge >= 0.3 is 11.7 Å². The molecule has 0 saturated heterocycles. The van der Waals surface area contributed by atoms with Crippen molar-refractivity contribution in [2.75, 3.05) is 7.05 Å². The summed E-state index contributed by atoms with van der Waals surface area (Å²) >= 11 is 0. The largest absolute Gasteiger partial charge is 0.456 e. The molecule has 152 valence electrons. The smallest absolute Gasteiger partial charge is 0.338 e. The fraction of sp³-hybridized carbons (Fsp3) is 0.389. The summed E-state index contributed by atoms with van der Waals surface area (Å²) in [6, 6.07) is 6.47. The van der Waals surface area contributed by atoms with Gasteiger partial charge in [-0.15, -0.1) is 0 Å². The minimum absolute atomic E-state index is 0.0286. The van der Waals surface area contributed by atoms with E-state index in [1.807, 2.05) is 0 Å². The molecule has 1 heterocycles. The molecule has 0 saturated carbocycles. The Morgan fingerprint density at radius 1 is 1.14 bits per heavy atom. The topological polar surface area (TPSA) is 108 Å². The first-order valence-corrected chi connectivity index (χ1v) is 9.92. The van der Waals surface area contributed by atoms with E-state index in [1.165, 1.54) is 60.3 Å². The van der Waals surface area contributed by atoms with Crippen molar-refractivity contribution in [1.82, 2.24) is 13.4 Å². The summed E-state index contributed by atoms with van der Waals surface area (Å²) in [7, 11) is 0.518. The highest BCUT2D eigenvalue weighted by Gasteiger charge is 2.24. The Bertz CT molecular complexity index is 1110. The molecule has 0 fully saturated rings. The van der Waals surface area contributed by atoms with Crippen molar-refractivity contribution in [1.29, 1.82) is 0 Å². The van der Waals surface area contributed by atoms with E-state index in [2.05, 4.69) is 0 Å². The monoisotopic (exact) mass is 409 g/mol. The fourth-order valence-corrected chi connectivity index (χ4v) is 3.78. The van der Waals surface area contributed by atoms with Crippen LogP contribution < -0.4 is 11.2 Å². The molecule has 1 aromatic heterocycles. The molecule has 0 amide bonds. The van der Waals surface area contributed by atoms with Gasteiger partial charge in [0.2, 0.25) is 10.0 Å². The molecule has 0 unspecified atom stereocenters. The zero-order valence-corrected chi connectivity index (χ0v) is 17.2. The molecule has 0 aliphatic heterocycles. The van der Waals surface area contributed by atoms with Crippen molar-refractivity contribution >= 4 is 16.0 Å². The SMILES string of the molecule is CC(C)N(C)S(=O)(=O)c1cccc(C(=O)OCc2cc(=O)n(C)c(=O)n2C)c1. The van der Waals surface area contributed by atoms with Gasteiger partial charge in [0.1, 0.15) is 6.61 Å². The van der Waals surface area contributed by atoms with Gasteiger partial charge < -0.3 is 4.74 Å². The molecule has 9 nitrogen and oxygen atoms in total. The van der Waals surface area contributed by atoms with Crippen LogP contribution >= 0.6 is 0 Å². The highest BCUT2D eigenvalue weighted by atomic mass is 32.2. The number of carbonyl (C=O) groups is 1. The van der Waals surface area contributed by atoms with Gasteiger partial charge in [-0.25, -0.2) is 18.0 Å². The molecule has 28 heavy (non-hydrogen) atoms. The Morgan fingerprint density at radius 2 is 1.79 bits per heavy atom. The second kappa shape index (κ2) is 8.11. The molecule has 2 aromatic rings. The van der Waals surface area contributed by atoms with E-state index < -0.39 is 27.2 Å². The molecule has 0 radical (unpaired) electrons. The fourth-order valence-electron chi connectivity index (χ4n) is 2.37. The van der Waals surface area contributed by atoms with E-state index in [1.54, 1.807) is 13.8 Å². The van der Waals surface area contributed by atoms with Crippen molar-refractivity contribution in [3.63, 3.8) is 0 Å². The summed E-state index contributed by atoms with van der Waals surface area (Å²) in [5.74, 6) is -0.766. The summed E-state index contributed by atoms with van der Waals surface area (Å²) in [6.45, 7) is 3.18. The number of aromatic nitrogens is 2. The number of nitrogens with zero attached hydrogens (tertiary/aromatic N) is 3. The normalized spacial score (nSPS) is 11.8. The summed E-state index contributed by atoms with van der Waals surface area (Å²) in [6.07, 6.45) is 0. The van der Waals surface area contributed by atoms with Crippen LogP contribution in [0.25, 0.3) is 0 Å². The predicted octanol–water partition coefficient (Wildman–Crippen LogP) is 0.470. The van der Waals surface area contributed by atoms with E-state index in [0.29, 0.717) is 0 Å². The van der Waals surface area contributed by atoms with Crippen LogP contribution in [0.3, 0.4) is 0 Å². The van der Waals surface area contributed by atoms with Gasteiger partial charge in [-0.3, -0.25) is 13.9 Å². The third-order valence-corrected chi connectivity index (χ3v) is 6.48. The average Bonchev–Trinajstić information content (AvgIpc) is 2.67. The first kappa shape index (κ1) is 21.6. The minimum Gasteiger partial charge on any atom is -0.456 e. The predicted molar refractivity (Wildman–Crippen MR) is 103 cm³/mol. The number of benzene rings is 1. The molecular weight excluding hydrogens is 386 g/mol. The molecule has 2 rings (SSSR count). The van der Waals surface area contributed by atoms with Gasteiger partial charge in [0.25, 0.3) is 5.56 Å². The molecule has 10 heteroatoms. The molecular formula is C18H23N3O6S. The van der Waals surface area contributed by atoms with Crippen LogP contribution in [-0.2, 0) is 35.5 Å². The lowest BCUT2D eigenvalue weighted by Gasteiger charge is -2.21. The Balaban J connectivity index is 2.26. The van der Waals surface area contributed by atoms with E-state index in [0.717, 1.165) is 4.57 Å². The first-order chi connectivity index (χ1) is 13.0. The number of carbonyl (C=O) groups excluding carboxylic acids is 1. The van der Waals surface area contributed by atoms with Crippen LogP contribution in [-0.4, -0.2) is 40.9 Å². The standard InChI is InChI=1S/C18H23N3O6S/c1-12(2)21(5)28(25,26)15-8-6-7-13(9-15)17(23)27-11-14-10-16(22)20(4)18(24)19(14)3/h6-10,12H,11H2,1-5H3. The van der Waals surface area contributed by atoms with E-state index in [4.69, 9.17) is 4.74 Å². The van der Waals surface area contributed by atoms with E-state index in [-0.39, 0.29) is 28.8 Å². The second-order valence-corrected chi connectivity index (χ2v) is 8.59. The maximum absolute atomic E-state index is 12.6. The van der Waals surface area contributed by atoms with E-state index in [9.17, 15) is 22.8 Å². The van der Waals surface area contributed by atoms with Crippen LogP contribution in [0.2, 0.25) is 0 Å². The Hall–Kier alpha value is -2.72. The number of rotatable bonds is 6. The highest BCUT2D eigenvalue weighted by Crippen LogP contribution is 2.18. The van der Waals surface area contributed by atoms with Crippen molar-refractivity contribution < 1.29 is 17.9 Å². The number of esters is 1. The van der Waals surface area contributed by atoms with Gasteiger partial charge in [0.05, 0.1) is 16.2 Å². The molecule has 0 aliphatic carbocycles. The summed E-state index contributed by atoms with van der Waals surface area (Å²) in [5.41, 5.74) is -0.779. The molecule has 0 spiro atoms. The van der Waals surface area contributed by atoms with Gasteiger partial charge in [0, 0.05) is 33.3 Å². The molecule has 1 aromatic carbocycles. The van der Waals surface area contributed by atoms with Crippen LogP contribution in [0, 0.1) is 0 Å². The lowest BCUT2D eigenvalue weighted by molar-refractivity contribution is 0.0462. The molecule has 0 N–H and O–H groups in total. The van der Waals surface area contributed by atoms with Crippen LogP contribution in [0.1, 0.15) is 29.9 Å². The lowest BCUT2D eigenvalue weighted by Crippen LogP contribution is -2.38. The van der Waals surface area contributed by atoms with Gasteiger partial charge in [-0.2, -0.15) is 4.31 Å². The third kappa shape index (κ3) is 4.23. The Labute approximate surface area is 162 Å². The lowest BCUT2D eigenvalue weighted by atomic mass is 10.2. The third-order valence-electron chi connectivity index (χ3n) is 4.45. The van der Waals surface area contributed by atoms with Crippen molar-refractivity contribution in [3.8, 4) is 0 Å². The van der Waals surface area contributed by atoms with Gasteiger partial charge in [0.15, 0.2) is 0 Å². The van der Waals surface area contributed by atoms with Gasteiger partial charge in [-0.05, 0) is 32.0 Å². The van der Waals surface area contributed by atoms with E-state index >= 15 is 0 Å². The number of hydrogen-bond acceptors (Lipinski definition) is 6. The molecule has 0 bridgehead atoms. The van der Waals surface area contributed by atoms with Crippen LogP contribution in [0.4, 0.5) is 0 Å². The summed E-state index contributed by atoms with van der Waals surface area (Å²) < 4.78 is 33.7. The van der Waals surface area contributed by atoms with Crippen LogP contribution in [0.5, 0.6) is 0 Å². The Morgan fingerprint density at radius 3 is 2.39 bits per heavy atom. The maximum Gasteiger partial charge on any atom is 0.338 e. The zero-order valence-electron chi connectivity index (χ0n) is 16.4. The molecule has 0 atom stereocenters. The highest BCUT2D eigenvalue weighted by molar-refractivity contribution is 7.89. The minimum atomic E-state index is -3.75. The Kier molecular flexibility index (Phi) is 6.25. The van der Waals surface area contributed by atoms with Crippen molar-refractivity contribution in [2.45, 2.75) is 31.4 Å². The second-order valence-electron chi connectivity index (χ2n) is 6.59. The number of hydrogen-bond donors (Lipinski definition) is 0. The first-order valence-electron chi connectivity index (χ1n) is 8.48. The van der Waals surface area contributed by atoms with Crippen molar-refractivity contribution in [3.05, 3.63) is 62.4 Å². The molecule has 0 aliphatic rings. The summed E-state index contributed by atoms with van der Waals surface area (Å²) in [4.78, 5) is 36.0. The summed E-state index contributed by atoms with van der Waals surface area (Å²) in [5, 5.41) is 0. The number of ether oxygens (including phenoxy) is 1. The average molecular weight is 409 g/mol. The number of sulfonamides is 1. The van der Waals surface area contributed by atoms with Crippen molar-refractivity contribution in [2.24, 2.45) is 14.1 Å².